The van der Waals surface area contributed by atoms with Gasteiger partial charge in [-0.3, -0.25) is 14.7 Å². The minimum absolute atomic E-state index is 0.0205. The van der Waals surface area contributed by atoms with Gasteiger partial charge < -0.3 is 10.0 Å². The smallest absolute Gasteiger partial charge is 0.395 e. The van der Waals surface area contributed by atoms with E-state index >= 15 is 0 Å². The number of anilines is 1. The summed E-state index contributed by atoms with van der Waals surface area (Å²) in [6.07, 6.45) is -2.64. The van der Waals surface area contributed by atoms with Crippen molar-refractivity contribution >= 4 is 11.6 Å². The second kappa shape index (κ2) is 7.18. The normalized spacial score (nSPS) is 24.3. The Hall–Kier alpha value is -2.45. The minimum atomic E-state index is -4.55. The van der Waals surface area contributed by atoms with Crippen molar-refractivity contribution in [3.05, 3.63) is 59.9 Å². The number of rotatable bonds is 4. The number of amides is 1. The zero-order chi connectivity index (χ0) is 19.9. The number of fused-ring (bicyclic) bond motifs is 3. The number of pyridine rings is 1. The van der Waals surface area contributed by atoms with Crippen LogP contribution in [0.5, 0.6) is 0 Å². The number of carbonyl (C=O) groups excluding carboxylic acids is 1. The van der Waals surface area contributed by atoms with Crippen molar-refractivity contribution in [2.24, 2.45) is 0 Å². The van der Waals surface area contributed by atoms with Crippen LogP contribution < -0.4 is 4.90 Å². The van der Waals surface area contributed by atoms with Crippen LogP contribution in [0.1, 0.15) is 23.5 Å². The molecule has 3 heterocycles. The average molecular weight is 391 g/mol. The van der Waals surface area contributed by atoms with E-state index in [-0.39, 0.29) is 31.2 Å². The summed E-state index contributed by atoms with van der Waals surface area (Å²) < 4.78 is 38.4. The van der Waals surface area contributed by atoms with Gasteiger partial charge >= 0.3 is 6.18 Å². The van der Waals surface area contributed by atoms with Crippen LogP contribution in [0.2, 0.25) is 0 Å². The van der Waals surface area contributed by atoms with E-state index in [1.165, 1.54) is 4.90 Å². The highest BCUT2D eigenvalue weighted by atomic mass is 19.4. The molecule has 2 aromatic rings. The van der Waals surface area contributed by atoms with Gasteiger partial charge in [-0.05, 0) is 23.3 Å². The lowest BCUT2D eigenvalue weighted by molar-refractivity contribution is -0.152. The second-order valence-corrected chi connectivity index (χ2v) is 7.23. The van der Waals surface area contributed by atoms with Crippen molar-refractivity contribution in [3.63, 3.8) is 0 Å². The van der Waals surface area contributed by atoms with Gasteiger partial charge in [0.25, 0.3) is 0 Å². The molecule has 2 aliphatic rings. The molecule has 0 aliphatic carbocycles. The van der Waals surface area contributed by atoms with Crippen molar-refractivity contribution in [2.45, 2.75) is 37.1 Å². The van der Waals surface area contributed by atoms with E-state index in [9.17, 15) is 23.1 Å². The van der Waals surface area contributed by atoms with E-state index in [0.717, 1.165) is 11.1 Å². The molecule has 0 spiro atoms. The Morgan fingerprint density at radius 2 is 2.00 bits per heavy atom. The summed E-state index contributed by atoms with van der Waals surface area (Å²) in [7, 11) is 0. The first kappa shape index (κ1) is 18.9. The van der Waals surface area contributed by atoms with E-state index in [2.05, 4.69) is 4.98 Å². The third-order valence-corrected chi connectivity index (χ3v) is 5.57. The monoisotopic (exact) mass is 391 g/mol. The molecule has 148 valence electrons. The highest BCUT2D eigenvalue weighted by Gasteiger charge is 2.53. The standard InChI is InChI=1S/C20H20F3N3O2/c21-20(22,23)8-18(28)26-11-16-19(14-5-1-2-6-15(14)26)17(12-27)25(16)10-13-4-3-7-24-9-13/h1-7,9,16-17,19,27H,8,10-12H2/t16-,17+,19+/m1/s1. The molecule has 0 bridgehead atoms. The van der Waals surface area contributed by atoms with Crippen LogP contribution in [0.4, 0.5) is 18.9 Å². The van der Waals surface area contributed by atoms with E-state index in [1.54, 1.807) is 24.5 Å². The van der Waals surface area contributed by atoms with Crippen molar-refractivity contribution in [1.82, 2.24) is 9.88 Å². The lowest BCUT2D eigenvalue weighted by Gasteiger charge is -2.59. The number of alkyl halides is 3. The molecule has 1 saturated heterocycles. The number of hydrogen-bond donors (Lipinski definition) is 1. The predicted octanol–water partition coefficient (Wildman–Crippen LogP) is 2.71. The first-order valence-corrected chi connectivity index (χ1v) is 9.10. The summed E-state index contributed by atoms with van der Waals surface area (Å²) >= 11 is 0. The Morgan fingerprint density at radius 3 is 2.68 bits per heavy atom. The molecule has 3 atom stereocenters. The number of nitrogens with zero attached hydrogens (tertiary/aromatic N) is 3. The van der Waals surface area contributed by atoms with Crippen LogP contribution in [0.25, 0.3) is 0 Å². The maximum absolute atomic E-state index is 12.8. The third kappa shape index (κ3) is 3.38. The Labute approximate surface area is 160 Å². The van der Waals surface area contributed by atoms with E-state index < -0.39 is 18.5 Å². The van der Waals surface area contributed by atoms with Gasteiger partial charge in [0, 0.05) is 49.2 Å². The van der Waals surface area contributed by atoms with Crippen LogP contribution >= 0.6 is 0 Å². The summed E-state index contributed by atoms with van der Waals surface area (Å²) in [5.41, 5.74) is 2.28. The van der Waals surface area contributed by atoms with Crippen LogP contribution in [0, 0.1) is 0 Å². The van der Waals surface area contributed by atoms with Gasteiger partial charge in [0.15, 0.2) is 0 Å². The molecule has 1 amide bonds. The SMILES string of the molecule is O=C(CC(F)(F)F)N1C[C@@H]2[C@H](c3ccccc31)[C@H](CO)N2Cc1cccnc1. The lowest BCUT2D eigenvalue weighted by Crippen LogP contribution is -2.68. The zero-order valence-electron chi connectivity index (χ0n) is 15.0. The topological polar surface area (TPSA) is 56.7 Å². The Bertz CT molecular complexity index is 859. The fourth-order valence-electron chi connectivity index (χ4n) is 4.41. The molecule has 1 aromatic heterocycles. The molecular formula is C20H20F3N3O2. The number of hydrogen-bond acceptors (Lipinski definition) is 4. The summed E-state index contributed by atoms with van der Waals surface area (Å²) in [5.74, 6) is -0.972. The largest absolute Gasteiger partial charge is 0.397 e. The van der Waals surface area contributed by atoms with Crippen molar-refractivity contribution in [3.8, 4) is 0 Å². The van der Waals surface area contributed by atoms with Gasteiger partial charge in [-0.15, -0.1) is 0 Å². The van der Waals surface area contributed by atoms with Crippen molar-refractivity contribution in [1.29, 1.82) is 0 Å². The number of aliphatic hydroxyl groups excluding tert-OH is 1. The molecule has 1 N–H and O–H groups in total. The van der Waals surface area contributed by atoms with E-state index in [0.29, 0.717) is 12.2 Å². The number of benzene rings is 1. The molecule has 8 heteroatoms. The number of aromatic nitrogens is 1. The molecular weight excluding hydrogens is 371 g/mol. The van der Waals surface area contributed by atoms with E-state index in [1.807, 2.05) is 29.2 Å². The highest BCUT2D eigenvalue weighted by molar-refractivity contribution is 5.95. The summed E-state index contributed by atoms with van der Waals surface area (Å²) in [6.45, 7) is 0.628. The number of halogens is 3. The summed E-state index contributed by atoms with van der Waals surface area (Å²) in [5, 5.41) is 9.94. The minimum Gasteiger partial charge on any atom is -0.395 e. The van der Waals surface area contributed by atoms with Gasteiger partial charge in [-0.1, -0.05) is 24.3 Å². The van der Waals surface area contributed by atoms with Gasteiger partial charge in [0.1, 0.15) is 6.42 Å². The molecule has 1 fully saturated rings. The van der Waals surface area contributed by atoms with E-state index in [4.69, 9.17) is 0 Å². The summed E-state index contributed by atoms with van der Waals surface area (Å²) in [6, 6.07) is 10.5. The zero-order valence-corrected chi connectivity index (χ0v) is 15.0. The summed E-state index contributed by atoms with van der Waals surface area (Å²) in [4.78, 5) is 19.8. The van der Waals surface area contributed by atoms with Crippen LogP contribution in [0.15, 0.2) is 48.8 Å². The van der Waals surface area contributed by atoms with Gasteiger partial charge in [0.05, 0.1) is 6.61 Å². The Morgan fingerprint density at radius 1 is 1.21 bits per heavy atom. The quantitative estimate of drug-likeness (QED) is 0.871. The van der Waals surface area contributed by atoms with Crippen molar-refractivity contribution in [2.75, 3.05) is 18.1 Å². The van der Waals surface area contributed by atoms with Gasteiger partial charge in [-0.2, -0.15) is 13.2 Å². The van der Waals surface area contributed by atoms with Gasteiger partial charge in [0.2, 0.25) is 5.91 Å². The second-order valence-electron chi connectivity index (χ2n) is 7.23. The molecule has 28 heavy (non-hydrogen) atoms. The lowest BCUT2D eigenvalue weighted by atomic mass is 9.71. The molecule has 0 unspecified atom stereocenters. The molecule has 2 aliphatic heterocycles. The highest BCUT2D eigenvalue weighted by Crippen LogP contribution is 2.48. The maximum Gasteiger partial charge on any atom is 0.397 e. The molecule has 0 radical (unpaired) electrons. The first-order chi connectivity index (χ1) is 13.4. The first-order valence-electron chi connectivity index (χ1n) is 9.10. The van der Waals surface area contributed by atoms with Crippen molar-refractivity contribution < 1.29 is 23.1 Å². The molecule has 4 rings (SSSR count). The fourth-order valence-corrected chi connectivity index (χ4v) is 4.41. The molecule has 5 nitrogen and oxygen atoms in total. The third-order valence-electron chi connectivity index (χ3n) is 5.57. The van der Waals surface area contributed by atoms with Crippen LogP contribution in [-0.4, -0.2) is 52.3 Å². The predicted molar refractivity (Wildman–Crippen MR) is 96.6 cm³/mol. The molecule has 0 saturated carbocycles. The number of carbonyl (C=O) groups is 1. The fraction of sp³-hybridized carbons (Fsp3) is 0.400. The number of para-hydroxylation sites is 1. The maximum atomic E-state index is 12.8. The van der Waals surface area contributed by atoms with Gasteiger partial charge in [-0.25, -0.2) is 0 Å². The Kier molecular flexibility index (Phi) is 4.84. The van der Waals surface area contributed by atoms with Crippen LogP contribution in [0.3, 0.4) is 0 Å². The Balaban J connectivity index is 1.64. The average Bonchev–Trinajstić information content (AvgIpc) is 2.65. The number of likely N-dealkylation sites (tertiary alicyclic amines) is 1. The van der Waals surface area contributed by atoms with Crippen LogP contribution in [-0.2, 0) is 11.3 Å². The number of aliphatic hydroxyl groups is 1. The molecule has 1 aromatic carbocycles.